The normalized spacial score (nSPS) is 8.57. The topological polar surface area (TPSA) is 23.1 Å². The van der Waals surface area contributed by atoms with Crippen LogP contribution in [0.1, 0.15) is 20.8 Å². The van der Waals surface area contributed by atoms with E-state index in [1.165, 1.54) is 0 Å². The van der Waals surface area contributed by atoms with Crippen molar-refractivity contribution < 1.29 is 56.5 Å². The van der Waals surface area contributed by atoms with Gasteiger partial charge in [0.15, 0.2) is 0 Å². The maximum absolute atomic E-state index is 10.1. The molecule has 0 unspecified atom stereocenters. The molecule has 33 valence electrons. The van der Waals surface area contributed by atoms with Gasteiger partial charge in [-0.15, -0.1) is 5.60 Å². The van der Waals surface area contributed by atoms with Gasteiger partial charge in [-0.2, -0.15) is 0 Å². The van der Waals surface area contributed by atoms with E-state index in [1.54, 1.807) is 20.8 Å². The Balaban J connectivity index is -0.0000000800. The molecule has 0 saturated heterocycles. The van der Waals surface area contributed by atoms with Crippen molar-refractivity contribution in [1.82, 2.24) is 0 Å². The van der Waals surface area contributed by atoms with Crippen LogP contribution in [0.2, 0.25) is 0 Å². The van der Waals surface area contributed by atoms with Crippen LogP contribution in [0.3, 0.4) is 0 Å². The SMILES string of the molecule is CC(C)(C)[O-].[K+].[Na]. The minimum atomic E-state index is -0.750. The third-order valence-electron chi connectivity index (χ3n) is 0. The first-order valence-electron chi connectivity index (χ1n) is 1.70. The second kappa shape index (κ2) is 6.71. The van der Waals surface area contributed by atoms with Gasteiger partial charge in [0.2, 0.25) is 0 Å². The molecule has 0 aromatic carbocycles. The molecule has 0 aliphatic heterocycles. The zero-order valence-electron chi connectivity index (χ0n) is 5.91. The van der Waals surface area contributed by atoms with E-state index in [-0.39, 0.29) is 80.9 Å². The Kier molecular flexibility index (Phi) is 15.6. The molecule has 0 spiro atoms. The molecular weight excluding hydrogens is 126 g/mol. The number of hydrogen-bond acceptors (Lipinski definition) is 1. The molecular formula is C4H9KNaO. The maximum Gasteiger partial charge on any atom is 1.00 e. The molecule has 0 saturated carbocycles. The minimum absolute atomic E-state index is 0. The molecule has 0 N–H and O–H groups in total. The molecule has 0 rings (SSSR count). The standard InChI is InChI=1S/C4H9O.K.Na/c1-4(2,3)5;;/h1-3H3;;/q-1;+1;. The molecule has 0 amide bonds. The van der Waals surface area contributed by atoms with Gasteiger partial charge in [-0.1, -0.05) is 20.8 Å². The van der Waals surface area contributed by atoms with Crippen LogP contribution in [0.15, 0.2) is 0 Å². The third kappa shape index (κ3) is 55.5. The van der Waals surface area contributed by atoms with Gasteiger partial charge >= 0.3 is 51.4 Å². The van der Waals surface area contributed by atoms with Crippen LogP contribution in [0, 0.1) is 0 Å². The molecule has 0 aromatic heterocycles. The molecule has 0 aliphatic rings. The van der Waals surface area contributed by atoms with E-state index in [9.17, 15) is 5.11 Å². The number of hydrogen-bond donors (Lipinski definition) is 0. The van der Waals surface area contributed by atoms with E-state index < -0.39 is 5.60 Å². The second-order valence-corrected chi connectivity index (χ2v) is 2.11. The van der Waals surface area contributed by atoms with E-state index in [0.29, 0.717) is 0 Å². The van der Waals surface area contributed by atoms with Crippen molar-refractivity contribution >= 4 is 29.6 Å². The van der Waals surface area contributed by atoms with E-state index in [4.69, 9.17) is 0 Å². The predicted molar refractivity (Wildman–Crippen MR) is 25.5 cm³/mol. The molecule has 1 radical (unpaired) electrons. The van der Waals surface area contributed by atoms with Gasteiger partial charge in [-0.25, -0.2) is 0 Å². The monoisotopic (exact) mass is 135 g/mol. The van der Waals surface area contributed by atoms with Crippen molar-refractivity contribution in [3.63, 3.8) is 0 Å². The fraction of sp³-hybridized carbons (Fsp3) is 1.00. The van der Waals surface area contributed by atoms with E-state index in [2.05, 4.69) is 0 Å². The first-order valence-corrected chi connectivity index (χ1v) is 1.70. The zero-order valence-corrected chi connectivity index (χ0v) is 11.0. The van der Waals surface area contributed by atoms with Crippen LogP contribution < -0.4 is 56.5 Å². The Morgan fingerprint density at radius 1 is 1.14 bits per heavy atom. The first-order chi connectivity index (χ1) is 2.00. The summed E-state index contributed by atoms with van der Waals surface area (Å²) in [4.78, 5) is 0. The van der Waals surface area contributed by atoms with Crippen molar-refractivity contribution in [2.45, 2.75) is 26.4 Å². The molecule has 7 heavy (non-hydrogen) atoms. The van der Waals surface area contributed by atoms with E-state index >= 15 is 0 Å². The second-order valence-electron chi connectivity index (χ2n) is 2.11. The van der Waals surface area contributed by atoms with Crippen LogP contribution in [0.5, 0.6) is 0 Å². The van der Waals surface area contributed by atoms with E-state index in [0.717, 1.165) is 0 Å². The third-order valence-corrected chi connectivity index (χ3v) is 0. The summed E-state index contributed by atoms with van der Waals surface area (Å²) < 4.78 is 0. The van der Waals surface area contributed by atoms with Gasteiger partial charge in [-0.3, -0.25) is 0 Å². The molecule has 0 atom stereocenters. The number of rotatable bonds is 0. The Hall–Kier alpha value is 2.60. The van der Waals surface area contributed by atoms with Crippen molar-refractivity contribution in [2.75, 3.05) is 0 Å². The maximum atomic E-state index is 10.1. The summed E-state index contributed by atoms with van der Waals surface area (Å²) in [5.74, 6) is 0. The minimum Gasteiger partial charge on any atom is -0.850 e. The average molecular weight is 135 g/mol. The van der Waals surface area contributed by atoms with Gasteiger partial charge in [-0.05, 0) is 0 Å². The molecule has 0 aliphatic carbocycles. The smallest absolute Gasteiger partial charge is 0.850 e. The fourth-order valence-electron chi connectivity index (χ4n) is 0. The summed E-state index contributed by atoms with van der Waals surface area (Å²) >= 11 is 0. The predicted octanol–water partition coefficient (Wildman–Crippen LogP) is -3.23. The molecule has 0 aromatic rings. The fourth-order valence-corrected chi connectivity index (χ4v) is 0. The summed E-state index contributed by atoms with van der Waals surface area (Å²) in [7, 11) is 0. The van der Waals surface area contributed by atoms with Gasteiger partial charge in [0.25, 0.3) is 0 Å². The van der Waals surface area contributed by atoms with Crippen LogP contribution in [0.25, 0.3) is 0 Å². The summed E-state index contributed by atoms with van der Waals surface area (Å²) in [5, 5.41) is 10.1. The van der Waals surface area contributed by atoms with Gasteiger partial charge in [0.1, 0.15) is 0 Å². The Bertz CT molecular complexity index is 27.2. The molecule has 0 heterocycles. The summed E-state index contributed by atoms with van der Waals surface area (Å²) in [5.41, 5.74) is -0.750. The van der Waals surface area contributed by atoms with Crippen molar-refractivity contribution in [1.29, 1.82) is 0 Å². The summed E-state index contributed by atoms with van der Waals surface area (Å²) in [6.45, 7) is 4.90. The molecule has 1 nitrogen and oxygen atoms in total. The van der Waals surface area contributed by atoms with E-state index in [1.807, 2.05) is 0 Å². The molecule has 0 bridgehead atoms. The summed E-state index contributed by atoms with van der Waals surface area (Å²) in [6.07, 6.45) is 0. The Morgan fingerprint density at radius 3 is 1.14 bits per heavy atom. The van der Waals surface area contributed by atoms with Crippen molar-refractivity contribution in [3.05, 3.63) is 0 Å². The average Bonchev–Trinajstić information content (AvgIpc) is 0.722. The largest absolute Gasteiger partial charge is 1.00 e. The zero-order chi connectivity index (χ0) is 4.50. The van der Waals surface area contributed by atoms with Crippen LogP contribution >= 0.6 is 0 Å². The van der Waals surface area contributed by atoms with Crippen LogP contribution in [0.4, 0.5) is 0 Å². The quantitative estimate of drug-likeness (QED) is 0.320. The Labute approximate surface area is 110 Å². The van der Waals surface area contributed by atoms with Crippen LogP contribution in [-0.2, 0) is 0 Å². The first kappa shape index (κ1) is 16.3. The van der Waals surface area contributed by atoms with Crippen LogP contribution in [-0.4, -0.2) is 35.2 Å². The molecule has 0 fully saturated rings. The van der Waals surface area contributed by atoms with Crippen molar-refractivity contribution in [2.24, 2.45) is 0 Å². The van der Waals surface area contributed by atoms with Gasteiger partial charge < -0.3 is 5.11 Å². The summed E-state index contributed by atoms with van der Waals surface area (Å²) in [6, 6.07) is 0. The molecule has 3 heteroatoms. The van der Waals surface area contributed by atoms with Crippen molar-refractivity contribution in [3.8, 4) is 0 Å². The van der Waals surface area contributed by atoms with Gasteiger partial charge in [0.05, 0.1) is 0 Å². The Morgan fingerprint density at radius 2 is 1.14 bits per heavy atom. The van der Waals surface area contributed by atoms with Gasteiger partial charge in [0, 0.05) is 29.6 Å².